The molecular formula is C15H18F2N2O2. The highest BCUT2D eigenvalue weighted by Crippen LogP contribution is 2.19. The lowest BCUT2D eigenvalue weighted by atomic mass is 9.99. The summed E-state index contributed by atoms with van der Waals surface area (Å²) < 4.78 is 25.9. The van der Waals surface area contributed by atoms with Gasteiger partial charge < -0.3 is 10.2 Å². The molecule has 114 valence electrons. The van der Waals surface area contributed by atoms with Crippen LogP contribution in [0.2, 0.25) is 0 Å². The highest BCUT2D eigenvalue weighted by molar-refractivity contribution is 6.03. The molecule has 4 nitrogen and oxygen atoms in total. The molecule has 0 aliphatic carbocycles. The van der Waals surface area contributed by atoms with Crippen LogP contribution in [0.15, 0.2) is 40.9 Å². The Hall–Kier alpha value is -1.79. The Labute approximate surface area is 121 Å². The van der Waals surface area contributed by atoms with E-state index in [-0.39, 0.29) is 23.0 Å². The maximum absolute atomic E-state index is 12.9. The molecule has 3 N–H and O–H groups in total. The Morgan fingerprint density at radius 1 is 1.33 bits per heavy atom. The Morgan fingerprint density at radius 2 is 2.00 bits per heavy atom. The minimum Gasteiger partial charge on any atom is -0.508 e. The lowest BCUT2D eigenvalue weighted by Gasteiger charge is -2.23. The number of alkyl halides is 2. The molecule has 0 fully saturated rings. The zero-order chi connectivity index (χ0) is 15.4. The number of phenolic OH excluding ortho intramolecular Hbond substituents is 1. The van der Waals surface area contributed by atoms with Crippen LogP contribution in [-0.2, 0) is 6.54 Å². The van der Waals surface area contributed by atoms with E-state index >= 15 is 0 Å². The molecule has 6 heteroatoms. The number of rotatable bonds is 5. The van der Waals surface area contributed by atoms with Crippen molar-refractivity contribution in [2.45, 2.75) is 26.1 Å². The molecule has 0 saturated carbocycles. The predicted molar refractivity (Wildman–Crippen MR) is 76.5 cm³/mol. The van der Waals surface area contributed by atoms with Gasteiger partial charge in [-0.15, -0.1) is 0 Å². The molecule has 1 heterocycles. The van der Waals surface area contributed by atoms with Crippen LogP contribution in [-0.4, -0.2) is 35.1 Å². The van der Waals surface area contributed by atoms with Gasteiger partial charge in [0.05, 0.1) is 0 Å². The van der Waals surface area contributed by atoms with Crippen LogP contribution in [0.3, 0.4) is 0 Å². The fourth-order valence-corrected chi connectivity index (χ4v) is 2.14. The zero-order valence-electron chi connectivity index (χ0n) is 11.6. The Bertz CT molecular complexity index is 541. The van der Waals surface area contributed by atoms with Gasteiger partial charge in [-0.2, -0.15) is 0 Å². The summed E-state index contributed by atoms with van der Waals surface area (Å²) in [6.07, 6.45) is -2.27. The van der Waals surface area contributed by atoms with Gasteiger partial charge >= 0.3 is 0 Å². The highest BCUT2D eigenvalue weighted by Gasteiger charge is 2.26. The lowest BCUT2D eigenvalue weighted by molar-refractivity contribution is 0.168. The van der Waals surface area contributed by atoms with E-state index in [2.05, 4.69) is 10.3 Å². The second-order valence-corrected chi connectivity index (χ2v) is 5.08. The third-order valence-electron chi connectivity index (χ3n) is 3.25. The predicted octanol–water partition coefficient (Wildman–Crippen LogP) is 2.08. The topological polar surface area (TPSA) is 64.8 Å². The van der Waals surface area contributed by atoms with Gasteiger partial charge in [-0.3, -0.25) is 10.3 Å². The standard InChI is InChI=1S/C15H18F2N2O2/c1-9-6-12(13(14(16)17)18-7-9)15(21)19-8-10-2-4-11(20)5-3-10/h2-6,9,14-15,19-21H,7-8H2,1H3. The first-order valence-corrected chi connectivity index (χ1v) is 6.71. The van der Waals surface area contributed by atoms with Crippen LogP contribution >= 0.6 is 0 Å². The summed E-state index contributed by atoms with van der Waals surface area (Å²) in [5.41, 5.74) is 0.619. The van der Waals surface area contributed by atoms with E-state index < -0.39 is 12.7 Å². The Morgan fingerprint density at radius 3 is 2.62 bits per heavy atom. The van der Waals surface area contributed by atoms with E-state index in [0.29, 0.717) is 13.1 Å². The highest BCUT2D eigenvalue weighted by atomic mass is 19.3. The molecule has 1 aromatic carbocycles. The number of benzene rings is 1. The van der Waals surface area contributed by atoms with Crippen LogP contribution < -0.4 is 5.32 Å². The molecule has 0 bridgehead atoms. The summed E-state index contributed by atoms with van der Waals surface area (Å²) >= 11 is 0. The van der Waals surface area contributed by atoms with Crippen molar-refractivity contribution in [2.75, 3.05) is 6.54 Å². The van der Waals surface area contributed by atoms with Gasteiger partial charge in [-0.05, 0) is 23.6 Å². The number of halogens is 2. The molecule has 0 amide bonds. The van der Waals surface area contributed by atoms with E-state index in [0.717, 1.165) is 5.56 Å². The van der Waals surface area contributed by atoms with Gasteiger partial charge in [0.1, 0.15) is 17.7 Å². The molecule has 1 aliphatic heterocycles. The lowest BCUT2D eigenvalue weighted by Crippen LogP contribution is -2.37. The van der Waals surface area contributed by atoms with Gasteiger partial charge in [0.25, 0.3) is 6.43 Å². The van der Waals surface area contributed by atoms with Gasteiger partial charge in [-0.1, -0.05) is 25.1 Å². The van der Waals surface area contributed by atoms with Crippen LogP contribution in [0, 0.1) is 5.92 Å². The molecule has 2 unspecified atom stereocenters. The summed E-state index contributed by atoms with van der Waals surface area (Å²) in [6, 6.07) is 6.43. The SMILES string of the molecule is CC1C=C(C(O)NCc2ccc(O)cc2)C(C(F)F)=NC1. The van der Waals surface area contributed by atoms with E-state index in [1.807, 2.05) is 6.92 Å². The number of hydrogen-bond donors (Lipinski definition) is 3. The van der Waals surface area contributed by atoms with E-state index in [4.69, 9.17) is 0 Å². The number of nitrogens with one attached hydrogen (secondary N) is 1. The average molecular weight is 296 g/mol. The molecule has 2 rings (SSSR count). The van der Waals surface area contributed by atoms with Crippen molar-refractivity contribution < 1.29 is 19.0 Å². The number of aromatic hydroxyl groups is 1. The minimum atomic E-state index is -2.70. The maximum Gasteiger partial charge on any atom is 0.280 e. The summed E-state index contributed by atoms with van der Waals surface area (Å²) in [7, 11) is 0. The van der Waals surface area contributed by atoms with Gasteiger partial charge in [0.2, 0.25) is 0 Å². The van der Waals surface area contributed by atoms with Crippen LogP contribution in [0.1, 0.15) is 12.5 Å². The Kier molecular flexibility index (Phi) is 5.03. The molecule has 0 radical (unpaired) electrons. The van der Waals surface area contributed by atoms with Crippen molar-refractivity contribution in [1.82, 2.24) is 5.32 Å². The molecule has 1 aromatic rings. The summed E-state index contributed by atoms with van der Waals surface area (Å²) in [5.74, 6) is 0.169. The molecular weight excluding hydrogens is 278 g/mol. The third-order valence-corrected chi connectivity index (χ3v) is 3.25. The first kappa shape index (κ1) is 15.6. The summed E-state index contributed by atoms with van der Waals surface area (Å²) in [4.78, 5) is 3.84. The number of aliphatic hydroxyl groups excluding tert-OH is 1. The maximum atomic E-state index is 12.9. The van der Waals surface area contributed by atoms with E-state index in [1.54, 1.807) is 18.2 Å². The first-order chi connectivity index (χ1) is 9.97. The largest absolute Gasteiger partial charge is 0.508 e. The Balaban J connectivity index is 2.02. The molecule has 0 aromatic heterocycles. The van der Waals surface area contributed by atoms with Crippen molar-refractivity contribution in [1.29, 1.82) is 0 Å². The number of nitrogens with zero attached hydrogens (tertiary/aromatic N) is 1. The summed E-state index contributed by atoms with van der Waals surface area (Å²) in [6.45, 7) is 2.47. The number of phenols is 1. The van der Waals surface area contributed by atoms with Gasteiger partial charge in [-0.25, -0.2) is 8.78 Å². The molecule has 21 heavy (non-hydrogen) atoms. The number of aliphatic imine (C=N–C) groups is 1. The quantitative estimate of drug-likeness (QED) is 0.729. The molecule has 0 saturated heterocycles. The van der Waals surface area contributed by atoms with Gasteiger partial charge in [0.15, 0.2) is 0 Å². The van der Waals surface area contributed by atoms with E-state index in [1.165, 1.54) is 12.1 Å². The van der Waals surface area contributed by atoms with Gasteiger partial charge in [0, 0.05) is 18.7 Å². The average Bonchev–Trinajstić information content (AvgIpc) is 2.46. The fraction of sp³-hybridized carbons (Fsp3) is 0.400. The van der Waals surface area contributed by atoms with Crippen molar-refractivity contribution in [3.63, 3.8) is 0 Å². The fourth-order valence-electron chi connectivity index (χ4n) is 2.14. The second-order valence-electron chi connectivity index (χ2n) is 5.08. The van der Waals surface area contributed by atoms with Crippen molar-refractivity contribution in [3.05, 3.63) is 41.5 Å². The van der Waals surface area contributed by atoms with Crippen molar-refractivity contribution in [2.24, 2.45) is 10.9 Å². The van der Waals surface area contributed by atoms with Crippen molar-refractivity contribution in [3.8, 4) is 5.75 Å². The zero-order valence-corrected chi connectivity index (χ0v) is 11.6. The number of aliphatic hydroxyl groups is 1. The normalized spacial score (nSPS) is 20.1. The smallest absolute Gasteiger partial charge is 0.280 e. The second kappa shape index (κ2) is 6.78. The molecule has 2 atom stereocenters. The monoisotopic (exact) mass is 296 g/mol. The molecule has 0 spiro atoms. The van der Waals surface area contributed by atoms with Crippen LogP contribution in [0.4, 0.5) is 8.78 Å². The third kappa shape index (κ3) is 4.09. The summed E-state index contributed by atoms with van der Waals surface area (Å²) in [5, 5.41) is 22.1. The van der Waals surface area contributed by atoms with Crippen LogP contribution in [0.5, 0.6) is 5.75 Å². The number of hydrogen-bond acceptors (Lipinski definition) is 4. The van der Waals surface area contributed by atoms with E-state index in [9.17, 15) is 19.0 Å². The molecule has 1 aliphatic rings. The van der Waals surface area contributed by atoms with Crippen LogP contribution in [0.25, 0.3) is 0 Å². The number of dihydropyridines is 1. The minimum absolute atomic E-state index is 0.0209. The first-order valence-electron chi connectivity index (χ1n) is 6.71. The van der Waals surface area contributed by atoms with Crippen molar-refractivity contribution >= 4 is 5.71 Å².